The van der Waals surface area contributed by atoms with E-state index < -0.39 is 56.7 Å². The van der Waals surface area contributed by atoms with Gasteiger partial charge in [0.25, 0.3) is 5.60 Å². The molecule has 0 saturated heterocycles. The summed E-state index contributed by atoms with van der Waals surface area (Å²) in [6.45, 7) is -0.158. The molecule has 1 aliphatic heterocycles. The topological polar surface area (TPSA) is 101 Å². The first-order chi connectivity index (χ1) is 16.4. The molecule has 196 valence electrons. The number of hydrogen-bond donors (Lipinski definition) is 2. The fourth-order valence-electron chi connectivity index (χ4n) is 4.26. The van der Waals surface area contributed by atoms with E-state index in [2.05, 4.69) is 0 Å². The van der Waals surface area contributed by atoms with Gasteiger partial charge in [-0.1, -0.05) is 18.2 Å². The fraction of sp³-hybridized carbons (Fsp3) is 0.409. The number of nitrogens with two attached hydrogens (primary N) is 1. The number of hydrogen-bond acceptors (Lipinski definition) is 5. The third-order valence-electron chi connectivity index (χ3n) is 6.37. The first-order valence-electron chi connectivity index (χ1n) is 10.5. The lowest BCUT2D eigenvalue weighted by Crippen LogP contribution is -2.53. The SMILES string of the molecule is NC(=O)C1c2ccc(S(=O)(=O)CC3(F)CC3)cc2CN1c1ccc(C(O)(C(F)(F)F)C(F)(F)F)cc1. The highest BCUT2D eigenvalue weighted by Gasteiger charge is 2.71. The fourth-order valence-corrected chi connectivity index (χ4v) is 5.99. The van der Waals surface area contributed by atoms with Gasteiger partial charge in [0.2, 0.25) is 5.91 Å². The Morgan fingerprint density at radius 3 is 2.06 bits per heavy atom. The zero-order valence-electron chi connectivity index (χ0n) is 18.2. The molecule has 0 aromatic heterocycles. The summed E-state index contributed by atoms with van der Waals surface area (Å²) < 4.78 is 118. The van der Waals surface area contributed by atoms with Crippen LogP contribution in [0.3, 0.4) is 0 Å². The molecular formula is C22H19F7N2O4S. The van der Waals surface area contributed by atoms with Crippen molar-refractivity contribution in [1.29, 1.82) is 0 Å². The molecule has 1 unspecified atom stereocenters. The molecule has 2 aliphatic rings. The zero-order valence-corrected chi connectivity index (χ0v) is 19.0. The number of fused-ring (bicyclic) bond motifs is 1. The summed E-state index contributed by atoms with van der Waals surface area (Å²) in [5.41, 5.74) is -2.30. The van der Waals surface area contributed by atoms with Gasteiger partial charge in [-0.3, -0.25) is 4.79 Å². The summed E-state index contributed by atoms with van der Waals surface area (Å²) >= 11 is 0. The van der Waals surface area contributed by atoms with Gasteiger partial charge in [-0.2, -0.15) is 26.3 Å². The molecule has 1 heterocycles. The molecule has 6 nitrogen and oxygen atoms in total. The standard InChI is InChI=1S/C22H19F7N2O4S/c23-19(7-8-19)11-36(34,35)15-5-6-16-12(9-15)10-31(17(16)18(30)32)14-3-1-13(2-4-14)20(33,21(24,25)26)22(27,28)29/h1-6,9,17,33H,7-8,10-11H2,(H2,30,32). The van der Waals surface area contributed by atoms with Crippen LogP contribution in [0.1, 0.15) is 35.6 Å². The Balaban J connectivity index is 1.68. The Labute approximate surface area is 200 Å². The van der Waals surface area contributed by atoms with E-state index in [0.29, 0.717) is 17.7 Å². The van der Waals surface area contributed by atoms with Crippen molar-refractivity contribution in [2.24, 2.45) is 5.73 Å². The number of amides is 1. The number of nitrogens with zero attached hydrogens (tertiary/aromatic N) is 1. The highest BCUT2D eigenvalue weighted by atomic mass is 32.2. The quantitative estimate of drug-likeness (QED) is 0.543. The van der Waals surface area contributed by atoms with Crippen LogP contribution in [0.4, 0.5) is 36.4 Å². The Morgan fingerprint density at radius 1 is 1.03 bits per heavy atom. The Bertz CT molecular complexity index is 1290. The van der Waals surface area contributed by atoms with Gasteiger partial charge in [0, 0.05) is 17.8 Å². The van der Waals surface area contributed by atoms with E-state index in [4.69, 9.17) is 5.73 Å². The number of primary amides is 1. The molecule has 1 saturated carbocycles. The van der Waals surface area contributed by atoms with Gasteiger partial charge in [-0.05, 0) is 48.2 Å². The van der Waals surface area contributed by atoms with Gasteiger partial charge in [0.15, 0.2) is 9.84 Å². The van der Waals surface area contributed by atoms with E-state index in [-0.39, 0.29) is 35.5 Å². The molecule has 0 bridgehead atoms. The van der Waals surface area contributed by atoms with Crippen LogP contribution in [0.2, 0.25) is 0 Å². The van der Waals surface area contributed by atoms with Crippen LogP contribution in [0.15, 0.2) is 47.4 Å². The normalized spacial score (nSPS) is 19.8. The maximum atomic E-state index is 14.1. The maximum Gasteiger partial charge on any atom is 0.430 e. The predicted molar refractivity (Wildman–Crippen MR) is 112 cm³/mol. The minimum atomic E-state index is -6.06. The van der Waals surface area contributed by atoms with E-state index in [1.54, 1.807) is 0 Å². The summed E-state index contributed by atoms with van der Waals surface area (Å²) in [5.74, 6) is -1.61. The van der Waals surface area contributed by atoms with Gasteiger partial charge >= 0.3 is 12.4 Å². The number of rotatable bonds is 6. The van der Waals surface area contributed by atoms with Crippen LogP contribution < -0.4 is 10.6 Å². The number of carbonyl (C=O) groups excluding carboxylic acids is 1. The van der Waals surface area contributed by atoms with Crippen LogP contribution in [-0.4, -0.2) is 43.2 Å². The van der Waals surface area contributed by atoms with E-state index in [1.165, 1.54) is 23.1 Å². The zero-order chi connectivity index (χ0) is 26.9. The summed E-state index contributed by atoms with van der Waals surface area (Å²) in [6, 6.07) is 5.13. The lowest BCUT2D eigenvalue weighted by atomic mass is 9.92. The number of aliphatic hydroxyl groups is 1. The predicted octanol–water partition coefficient (Wildman–Crippen LogP) is 3.82. The molecule has 1 aliphatic carbocycles. The average Bonchev–Trinajstić information content (AvgIpc) is 3.33. The minimum Gasteiger partial charge on any atom is -0.369 e. The minimum absolute atomic E-state index is 0.00412. The van der Waals surface area contributed by atoms with Crippen LogP contribution in [0.5, 0.6) is 0 Å². The summed E-state index contributed by atoms with van der Waals surface area (Å²) in [7, 11) is -4.00. The molecule has 1 amide bonds. The van der Waals surface area contributed by atoms with Crippen molar-refractivity contribution >= 4 is 21.4 Å². The second-order valence-corrected chi connectivity index (χ2v) is 10.9. The van der Waals surface area contributed by atoms with Gasteiger partial charge in [-0.25, -0.2) is 12.8 Å². The van der Waals surface area contributed by atoms with Crippen molar-refractivity contribution in [2.45, 2.75) is 53.9 Å². The third-order valence-corrected chi connectivity index (χ3v) is 8.24. The van der Waals surface area contributed by atoms with Crippen LogP contribution in [0, 0.1) is 0 Å². The first kappa shape index (κ1) is 26.2. The number of benzene rings is 2. The number of sulfone groups is 1. The largest absolute Gasteiger partial charge is 0.430 e. The first-order valence-corrected chi connectivity index (χ1v) is 12.1. The maximum absolute atomic E-state index is 14.1. The van der Waals surface area contributed by atoms with Crippen molar-refractivity contribution in [3.05, 3.63) is 59.2 Å². The van der Waals surface area contributed by atoms with Crippen molar-refractivity contribution in [1.82, 2.24) is 0 Å². The lowest BCUT2D eigenvalue weighted by molar-refractivity contribution is -0.376. The molecule has 0 spiro atoms. The monoisotopic (exact) mass is 540 g/mol. The molecular weight excluding hydrogens is 521 g/mol. The van der Waals surface area contributed by atoms with E-state index in [9.17, 15) is 49.1 Å². The van der Waals surface area contributed by atoms with Gasteiger partial charge in [0.05, 0.1) is 10.6 Å². The van der Waals surface area contributed by atoms with Gasteiger partial charge in [-0.15, -0.1) is 0 Å². The molecule has 4 rings (SSSR count). The molecule has 2 aromatic rings. The van der Waals surface area contributed by atoms with Crippen LogP contribution in [-0.2, 0) is 26.8 Å². The Morgan fingerprint density at radius 2 is 1.58 bits per heavy atom. The number of alkyl halides is 7. The van der Waals surface area contributed by atoms with Crippen molar-refractivity contribution < 1.29 is 49.1 Å². The van der Waals surface area contributed by atoms with Crippen molar-refractivity contribution in [2.75, 3.05) is 10.7 Å². The molecule has 1 fully saturated rings. The number of anilines is 1. The summed E-state index contributed by atoms with van der Waals surface area (Å²) in [5, 5.41) is 9.56. The van der Waals surface area contributed by atoms with Crippen LogP contribution in [0.25, 0.3) is 0 Å². The van der Waals surface area contributed by atoms with Crippen LogP contribution >= 0.6 is 0 Å². The second kappa shape index (κ2) is 8.07. The van der Waals surface area contributed by atoms with Crippen molar-refractivity contribution in [3.63, 3.8) is 0 Å². The smallest absolute Gasteiger partial charge is 0.369 e. The number of carbonyl (C=O) groups is 1. The van der Waals surface area contributed by atoms with Crippen molar-refractivity contribution in [3.8, 4) is 0 Å². The molecule has 36 heavy (non-hydrogen) atoms. The van der Waals surface area contributed by atoms with Gasteiger partial charge in [0.1, 0.15) is 11.7 Å². The second-order valence-electron chi connectivity index (χ2n) is 8.96. The van der Waals surface area contributed by atoms with E-state index >= 15 is 0 Å². The Kier molecular flexibility index (Phi) is 5.87. The Hall–Kier alpha value is -2.87. The molecule has 0 radical (unpaired) electrons. The summed E-state index contributed by atoms with van der Waals surface area (Å²) in [6.07, 6.45) is -11.9. The molecule has 14 heteroatoms. The molecule has 2 aromatic carbocycles. The molecule has 3 N–H and O–H groups in total. The highest BCUT2D eigenvalue weighted by molar-refractivity contribution is 7.91. The third kappa shape index (κ3) is 4.29. The average molecular weight is 540 g/mol. The van der Waals surface area contributed by atoms with E-state index in [0.717, 1.165) is 12.1 Å². The molecule has 1 atom stereocenters. The number of halogens is 7. The lowest BCUT2D eigenvalue weighted by Gasteiger charge is -2.33. The highest BCUT2D eigenvalue weighted by Crippen LogP contribution is 2.50. The summed E-state index contributed by atoms with van der Waals surface area (Å²) in [4.78, 5) is 13.3. The van der Waals surface area contributed by atoms with E-state index in [1.807, 2.05) is 0 Å². The van der Waals surface area contributed by atoms with Gasteiger partial charge < -0.3 is 15.7 Å².